The van der Waals surface area contributed by atoms with Gasteiger partial charge in [-0.2, -0.15) is 0 Å². The van der Waals surface area contributed by atoms with E-state index in [2.05, 4.69) is 30.8 Å². The molecule has 0 saturated heterocycles. The van der Waals surface area contributed by atoms with Gasteiger partial charge in [0, 0.05) is 12.8 Å². The van der Waals surface area contributed by atoms with Gasteiger partial charge < -0.3 is 0 Å². The zero-order valence-electron chi connectivity index (χ0n) is 13.2. The molecule has 0 saturated carbocycles. The van der Waals surface area contributed by atoms with E-state index in [1.165, 1.54) is 57.8 Å². The van der Waals surface area contributed by atoms with Crippen LogP contribution >= 0.6 is 0 Å². The van der Waals surface area contributed by atoms with Crippen molar-refractivity contribution in [1.29, 1.82) is 0 Å². The summed E-state index contributed by atoms with van der Waals surface area (Å²) in [4.78, 5) is 0. The first-order chi connectivity index (χ1) is 9.91. The molecule has 0 aromatic carbocycles. The maximum absolute atomic E-state index is 5.11. The quantitative estimate of drug-likeness (QED) is 0.244. The summed E-state index contributed by atoms with van der Waals surface area (Å²) in [5.41, 5.74) is 0. The standard InChI is InChI=1S/C20H30/c1-3-5-7-9-11-13-15-17-19-20-18-16-14-12-10-8-6-4-2/h1,5,7,9,11H,4,6,12-20H2,2H3/b7-5-,11-9+. The van der Waals surface area contributed by atoms with E-state index in [1.54, 1.807) is 6.08 Å². The Hall–Kier alpha value is -1.40. The summed E-state index contributed by atoms with van der Waals surface area (Å²) in [6.45, 7) is 2.18. The average Bonchev–Trinajstić information content (AvgIpc) is 2.47. The lowest BCUT2D eigenvalue weighted by Crippen LogP contribution is -1.80. The van der Waals surface area contributed by atoms with Gasteiger partial charge in [-0.25, -0.2) is 0 Å². The van der Waals surface area contributed by atoms with Gasteiger partial charge in [0.15, 0.2) is 0 Å². The van der Waals surface area contributed by atoms with Crippen LogP contribution in [-0.2, 0) is 0 Å². The highest BCUT2D eigenvalue weighted by molar-refractivity contribution is 5.15. The van der Waals surface area contributed by atoms with Crippen LogP contribution in [-0.4, -0.2) is 0 Å². The zero-order chi connectivity index (χ0) is 14.7. The van der Waals surface area contributed by atoms with E-state index in [0.29, 0.717) is 0 Å². The summed E-state index contributed by atoms with van der Waals surface area (Å²) in [5.74, 6) is 8.93. The van der Waals surface area contributed by atoms with Gasteiger partial charge in [0.2, 0.25) is 0 Å². The molecule has 0 atom stereocenters. The minimum Gasteiger partial charge on any atom is -0.115 e. The molecule has 0 aromatic rings. The highest BCUT2D eigenvalue weighted by atomic mass is 14.0. The number of hydrogen-bond donors (Lipinski definition) is 0. The molecule has 20 heavy (non-hydrogen) atoms. The molecule has 0 heteroatoms. The SMILES string of the molecule is C#C/C=C\C=C\CCCCCCCCCC#CCCC. The van der Waals surface area contributed by atoms with E-state index in [-0.39, 0.29) is 0 Å². The van der Waals surface area contributed by atoms with Crippen molar-refractivity contribution in [2.45, 2.75) is 77.6 Å². The Bertz CT molecular complexity index is 340. The number of hydrogen-bond acceptors (Lipinski definition) is 0. The molecule has 0 heterocycles. The second-order valence-electron chi connectivity index (χ2n) is 5.07. The first kappa shape index (κ1) is 18.6. The third-order valence-corrected chi connectivity index (χ3v) is 3.11. The van der Waals surface area contributed by atoms with E-state index in [0.717, 1.165) is 12.8 Å². The number of rotatable bonds is 11. The van der Waals surface area contributed by atoms with Crippen LogP contribution in [0.1, 0.15) is 77.6 Å². The topological polar surface area (TPSA) is 0 Å². The minimum absolute atomic E-state index is 1.06. The molecule has 0 aliphatic rings. The summed E-state index contributed by atoms with van der Waals surface area (Å²) < 4.78 is 0. The van der Waals surface area contributed by atoms with Crippen LogP contribution in [0.15, 0.2) is 24.3 Å². The van der Waals surface area contributed by atoms with Gasteiger partial charge in [0.1, 0.15) is 0 Å². The van der Waals surface area contributed by atoms with Gasteiger partial charge in [-0.1, -0.05) is 63.2 Å². The molecule has 110 valence electrons. The normalized spacial score (nSPS) is 10.6. The molecular formula is C20H30. The molecule has 0 amide bonds. The summed E-state index contributed by atoms with van der Waals surface area (Å²) >= 11 is 0. The molecule has 0 spiro atoms. The predicted octanol–water partition coefficient (Wildman–Crippen LogP) is 6.05. The van der Waals surface area contributed by atoms with Crippen LogP contribution < -0.4 is 0 Å². The fourth-order valence-corrected chi connectivity index (χ4v) is 1.95. The Morgan fingerprint density at radius 1 is 0.800 bits per heavy atom. The van der Waals surface area contributed by atoms with E-state index in [4.69, 9.17) is 6.42 Å². The molecule has 0 aromatic heterocycles. The van der Waals surface area contributed by atoms with Crippen molar-refractivity contribution in [3.05, 3.63) is 24.3 Å². The monoisotopic (exact) mass is 270 g/mol. The number of terminal acetylenes is 1. The fraction of sp³-hybridized carbons (Fsp3) is 0.600. The van der Waals surface area contributed by atoms with Crippen LogP contribution in [0.5, 0.6) is 0 Å². The Balaban J connectivity index is 3.14. The molecule has 0 aliphatic heterocycles. The van der Waals surface area contributed by atoms with Crippen molar-refractivity contribution >= 4 is 0 Å². The van der Waals surface area contributed by atoms with Crippen molar-refractivity contribution < 1.29 is 0 Å². The summed E-state index contributed by atoms with van der Waals surface area (Å²) in [6.07, 6.45) is 26.9. The van der Waals surface area contributed by atoms with Gasteiger partial charge in [-0.15, -0.1) is 18.3 Å². The van der Waals surface area contributed by atoms with E-state index >= 15 is 0 Å². The summed E-state index contributed by atoms with van der Waals surface area (Å²) in [7, 11) is 0. The molecule has 0 bridgehead atoms. The van der Waals surface area contributed by atoms with Crippen LogP contribution in [0.3, 0.4) is 0 Å². The highest BCUT2D eigenvalue weighted by Gasteiger charge is 1.90. The second kappa shape index (κ2) is 17.6. The molecule has 0 N–H and O–H groups in total. The number of unbranched alkanes of at least 4 members (excludes halogenated alkanes) is 9. The molecule has 0 aliphatic carbocycles. The molecule has 0 fully saturated rings. The van der Waals surface area contributed by atoms with Crippen LogP contribution in [0, 0.1) is 24.2 Å². The van der Waals surface area contributed by atoms with Crippen LogP contribution in [0.2, 0.25) is 0 Å². The second-order valence-corrected chi connectivity index (χ2v) is 5.07. The Morgan fingerprint density at radius 3 is 2.15 bits per heavy atom. The van der Waals surface area contributed by atoms with Crippen molar-refractivity contribution in [2.24, 2.45) is 0 Å². The number of allylic oxidation sites excluding steroid dienone is 4. The van der Waals surface area contributed by atoms with Crippen LogP contribution in [0.4, 0.5) is 0 Å². The average molecular weight is 270 g/mol. The van der Waals surface area contributed by atoms with Crippen molar-refractivity contribution in [2.75, 3.05) is 0 Å². The fourth-order valence-electron chi connectivity index (χ4n) is 1.95. The van der Waals surface area contributed by atoms with Crippen molar-refractivity contribution in [3.63, 3.8) is 0 Å². The van der Waals surface area contributed by atoms with Crippen LogP contribution in [0.25, 0.3) is 0 Å². The van der Waals surface area contributed by atoms with E-state index in [9.17, 15) is 0 Å². The summed E-state index contributed by atoms with van der Waals surface area (Å²) in [5, 5.41) is 0. The lowest BCUT2D eigenvalue weighted by atomic mass is 10.1. The third-order valence-electron chi connectivity index (χ3n) is 3.11. The third kappa shape index (κ3) is 16.6. The van der Waals surface area contributed by atoms with Gasteiger partial charge in [-0.3, -0.25) is 0 Å². The molecular weight excluding hydrogens is 240 g/mol. The maximum atomic E-state index is 5.11. The van der Waals surface area contributed by atoms with E-state index in [1.807, 2.05) is 12.2 Å². The lowest BCUT2D eigenvalue weighted by molar-refractivity contribution is 0.585. The Morgan fingerprint density at radius 2 is 1.45 bits per heavy atom. The Kier molecular flexibility index (Phi) is 16.4. The highest BCUT2D eigenvalue weighted by Crippen LogP contribution is 2.09. The molecule has 0 radical (unpaired) electrons. The van der Waals surface area contributed by atoms with Crippen molar-refractivity contribution in [3.8, 4) is 24.2 Å². The largest absolute Gasteiger partial charge is 0.115 e. The minimum atomic E-state index is 1.06. The van der Waals surface area contributed by atoms with Gasteiger partial charge in [0.25, 0.3) is 0 Å². The summed E-state index contributed by atoms with van der Waals surface area (Å²) in [6, 6.07) is 0. The van der Waals surface area contributed by atoms with Gasteiger partial charge in [0.05, 0.1) is 0 Å². The molecule has 0 unspecified atom stereocenters. The Labute approximate surface area is 126 Å². The van der Waals surface area contributed by atoms with E-state index < -0.39 is 0 Å². The first-order valence-corrected chi connectivity index (χ1v) is 8.15. The predicted molar refractivity (Wildman–Crippen MR) is 91.4 cm³/mol. The van der Waals surface area contributed by atoms with Gasteiger partial charge >= 0.3 is 0 Å². The zero-order valence-corrected chi connectivity index (χ0v) is 13.2. The molecule has 0 nitrogen and oxygen atoms in total. The van der Waals surface area contributed by atoms with Crippen molar-refractivity contribution in [1.82, 2.24) is 0 Å². The smallest absolute Gasteiger partial charge is 0.00886 e. The van der Waals surface area contributed by atoms with Gasteiger partial charge in [-0.05, 0) is 31.8 Å². The lowest BCUT2D eigenvalue weighted by Gasteiger charge is -1.99. The maximum Gasteiger partial charge on any atom is 0.00886 e. The first-order valence-electron chi connectivity index (χ1n) is 8.15. The molecule has 0 rings (SSSR count).